The van der Waals surface area contributed by atoms with Crippen molar-refractivity contribution in [1.82, 2.24) is 9.97 Å². The van der Waals surface area contributed by atoms with Gasteiger partial charge in [0.15, 0.2) is 5.82 Å². The fourth-order valence-corrected chi connectivity index (χ4v) is 1.40. The lowest BCUT2D eigenvalue weighted by molar-refractivity contribution is 0.612. The Labute approximate surface area is 96.9 Å². The van der Waals surface area contributed by atoms with Crippen LogP contribution in [-0.4, -0.2) is 9.97 Å². The molecule has 2 aromatic heterocycles. The van der Waals surface area contributed by atoms with E-state index in [4.69, 9.17) is 0 Å². The van der Waals surface area contributed by atoms with Crippen LogP contribution in [-0.2, 0) is 0 Å². The van der Waals surface area contributed by atoms with Gasteiger partial charge in [0, 0.05) is 23.3 Å². The van der Waals surface area contributed by atoms with Crippen molar-refractivity contribution in [2.75, 3.05) is 0 Å². The Morgan fingerprint density at radius 1 is 1.00 bits per heavy atom. The molecule has 0 aliphatic rings. The summed E-state index contributed by atoms with van der Waals surface area (Å²) < 4.78 is 12.7. The number of hydrogen-bond donors (Lipinski definition) is 2. The first kappa shape index (κ1) is 11.1. The summed E-state index contributed by atoms with van der Waals surface area (Å²) in [5.41, 5.74) is -0.0161. The number of pyridine rings is 1. The summed E-state index contributed by atoms with van der Waals surface area (Å²) in [5.74, 6) is -0.742. The highest BCUT2D eigenvalue weighted by Gasteiger charge is 1.98. The maximum atomic E-state index is 12.7. The number of aromatic nitrogens is 2. The van der Waals surface area contributed by atoms with E-state index >= 15 is 0 Å². The van der Waals surface area contributed by atoms with Gasteiger partial charge in [0.25, 0.3) is 5.56 Å². The first-order valence-electron chi connectivity index (χ1n) is 5.13. The van der Waals surface area contributed by atoms with E-state index in [1.54, 1.807) is 24.3 Å². The Bertz CT molecular complexity index is 627. The maximum absolute atomic E-state index is 12.7. The highest BCUT2D eigenvalue weighted by atomic mass is 19.1. The van der Waals surface area contributed by atoms with Crippen molar-refractivity contribution >= 4 is 10.9 Å². The second kappa shape index (κ2) is 5.12. The molecule has 3 nitrogen and oxygen atoms in total. The van der Waals surface area contributed by atoms with Crippen LogP contribution >= 0.6 is 0 Å². The van der Waals surface area contributed by atoms with Crippen LogP contribution in [0.4, 0.5) is 4.39 Å². The lowest BCUT2D eigenvalue weighted by Crippen LogP contribution is -2.09. The first-order valence-corrected chi connectivity index (χ1v) is 5.13. The van der Waals surface area contributed by atoms with E-state index in [0.717, 1.165) is 0 Å². The van der Waals surface area contributed by atoms with Crippen molar-refractivity contribution in [3.63, 3.8) is 0 Å². The second-order valence-corrected chi connectivity index (χ2v) is 3.42. The van der Waals surface area contributed by atoms with Crippen molar-refractivity contribution in [2.45, 2.75) is 0 Å². The molecule has 0 atom stereocenters. The lowest BCUT2D eigenvalue weighted by Gasteiger charge is -1.95. The second-order valence-electron chi connectivity index (χ2n) is 3.42. The van der Waals surface area contributed by atoms with Crippen molar-refractivity contribution in [3.05, 3.63) is 71.0 Å². The van der Waals surface area contributed by atoms with Crippen LogP contribution in [0, 0.1) is 5.82 Å². The van der Waals surface area contributed by atoms with Gasteiger partial charge in [-0.1, -0.05) is 18.2 Å². The van der Waals surface area contributed by atoms with Gasteiger partial charge in [-0.15, -0.1) is 0 Å². The van der Waals surface area contributed by atoms with Crippen LogP contribution in [0.1, 0.15) is 0 Å². The molecule has 4 heteroatoms. The third-order valence-corrected chi connectivity index (χ3v) is 2.20. The minimum Gasteiger partial charge on any atom is -0.368 e. The molecule has 0 saturated heterocycles. The minimum absolute atomic E-state index is 0.656. The van der Waals surface area contributed by atoms with Crippen LogP contribution in [0.5, 0.6) is 0 Å². The molecule has 86 valence electrons. The van der Waals surface area contributed by atoms with E-state index in [1.165, 1.54) is 6.07 Å². The Morgan fingerprint density at radius 2 is 1.71 bits per heavy atom. The highest BCUT2D eigenvalue weighted by molar-refractivity contribution is 5.77. The topological polar surface area (TPSA) is 48.6 Å². The standard InChI is InChI=1S/C9H6FNO.C4H5N/c10-7-5-6-3-1-2-4-8(6)11-9(7)12;1-2-4-5-3-1/h1-5H,(H,11,12);1-5H. The summed E-state index contributed by atoms with van der Waals surface area (Å²) in [4.78, 5) is 16.1. The molecule has 0 saturated carbocycles. The molecule has 0 spiro atoms. The molecule has 2 N–H and O–H groups in total. The summed E-state index contributed by atoms with van der Waals surface area (Å²) in [6.07, 6.45) is 3.75. The van der Waals surface area contributed by atoms with Gasteiger partial charge >= 0.3 is 0 Å². The Hall–Kier alpha value is -2.36. The molecule has 1 aromatic carbocycles. The number of para-hydroxylation sites is 1. The third-order valence-electron chi connectivity index (χ3n) is 2.20. The zero-order valence-electron chi connectivity index (χ0n) is 8.98. The molecule has 0 aliphatic carbocycles. The summed E-state index contributed by atoms with van der Waals surface area (Å²) in [7, 11) is 0. The Kier molecular flexibility index (Phi) is 3.35. The average Bonchev–Trinajstić information content (AvgIpc) is 2.89. The monoisotopic (exact) mass is 230 g/mol. The largest absolute Gasteiger partial charge is 0.368 e. The molecule has 0 aliphatic heterocycles. The van der Waals surface area contributed by atoms with Crippen LogP contribution in [0.15, 0.2) is 59.7 Å². The number of halogens is 1. The quantitative estimate of drug-likeness (QED) is 0.613. The van der Waals surface area contributed by atoms with Crippen molar-refractivity contribution < 1.29 is 4.39 Å². The van der Waals surface area contributed by atoms with E-state index in [9.17, 15) is 9.18 Å². The summed E-state index contributed by atoms with van der Waals surface area (Å²) >= 11 is 0. The Morgan fingerprint density at radius 3 is 2.35 bits per heavy atom. The van der Waals surface area contributed by atoms with E-state index in [2.05, 4.69) is 9.97 Å². The van der Waals surface area contributed by atoms with Crippen molar-refractivity contribution in [1.29, 1.82) is 0 Å². The van der Waals surface area contributed by atoms with E-state index in [0.29, 0.717) is 10.9 Å². The van der Waals surface area contributed by atoms with Crippen molar-refractivity contribution in [3.8, 4) is 0 Å². The molecule has 17 heavy (non-hydrogen) atoms. The molecule has 0 fully saturated rings. The molecule has 0 radical (unpaired) electrons. The fourth-order valence-electron chi connectivity index (χ4n) is 1.40. The van der Waals surface area contributed by atoms with Crippen LogP contribution in [0.3, 0.4) is 0 Å². The average molecular weight is 230 g/mol. The molecule has 0 bridgehead atoms. The van der Waals surface area contributed by atoms with Gasteiger partial charge in [-0.05, 0) is 24.3 Å². The molecule has 0 unspecified atom stereocenters. The number of aromatic amines is 2. The van der Waals surface area contributed by atoms with Gasteiger partial charge in [0.1, 0.15) is 0 Å². The number of hydrogen-bond acceptors (Lipinski definition) is 1. The van der Waals surface area contributed by atoms with Crippen LogP contribution < -0.4 is 5.56 Å². The van der Waals surface area contributed by atoms with E-state index in [1.807, 2.05) is 24.5 Å². The van der Waals surface area contributed by atoms with Gasteiger partial charge in [-0.25, -0.2) is 4.39 Å². The van der Waals surface area contributed by atoms with E-state index in [-0.39, 0.29) is 0 Å². The molecule has 3 rings (SSSR count). The summed E-state index contributed by atoms with van der Waals surface area (Å²) in [6, 6.07) is 12.2. The highest BCUT2D eigenvalue weighted by Crippen LogP contribution is 2.08. The first-order chi connectivity index (χ1) is 8.27. The van der Waals surface area contributed by atoms with Gasteiger partial charge in [0.05, 0.1) is 0 Å². The lowest BCUT2D eigenvalue weighted by atomic mass is 10.2. The van der Waals surface area contributed by atoms with Gasteiger partial charge in [-0.2, -0.15) is 0 Å². The number of benzene rings is 1. The summed E-state index contributed by atoms with van der Waals surface area (Å²) in [5, 5.41) is 0.703. The number of nitrogens with one attached hydrogen (secondary N) is 2. The molecule has 2 heterocycles. The van der Waals surface area contributed by atoms with Crippen LogP contribution in [0.25, 0.3) is 10.9 Å². The molecule has 3 aromatic rings. The third kappa shape index (κ3) is 2.81. The number of rotatable bonds is 0. The fraction of sp³-hybridized carbons (Fsp3) is 0. The van der Waals surface area contributed by atoms with Crippen LogP contribution in [0.2, 0.25) is 0 Å². The van der Waals surface area contributed by atoms with E-state index < -0.39 is 11.4 Å². The predicted molar refractivity (Wildman–Crippen MR) is 65.3 cm³/mol. The number of fused-ring (bicyclic) bond motifs is 1. The predicted octanol–water partition coefficient (Wildman–Crippen LogP) is 2.68. The molecular weight excluding hydrogens is 219 g/mol. The minimum atomic E-state index is -0.742. The zero-order valence-corrected chi connectivity index (χ0v) is 8.98. The molecular formula is C13H11FN2O. The SMILES string of the molecule is O=c1[nH]c2ccccc2cc1F.c1cc[nH]c1. The summed E-state index contributed by atoms with van der Waals surface area (Å²) in [6.45, 7) is 0. The van der Waals surface area contributed by atoms with Gasteiger partial charge in [0.2, 0.25) is 0 Å². The van der Waals surface area contributed by atoms with Gasteiger partial charge < -0.3 is 9.97 Å². The van der Waals surface area contributed by atoms with Gasteiger partial charge in [-0.3, -0.25) is 4.79 Å². The molecule has 0 amide bonds. The van der Waals surface area contributed by atoms with Crippen molar-refractivity contribution in [2.24, 2.45) is 0 Å². The smallest absolute Gasteiger partial charge is 0.284 e. The number of H-pyrrole nitrogens is 2. The zero-order chi connectivity index (χ0) is 12.1. The maximum Gasteiger partial charge on any atom is 0.284 e. The normalized spacial score (nSPS) is 9.71. The Balaban J connectivity index is 0.000000181.